The van der Waals surface area contributed by atoms with Crippen LogP contribution in [0.4, 0.5) is 0 Å². The van der Waals surface area contributed by atoms with E-state index in [1.807, 2.05) is 0 Å². The van der Waals surface area contributed by atoms with Crippen molar-refractivity contribution < 1.29 is 9.64 Å². The molecule has 1 heterocycles. The van der Waals surface area contributed by atoms with E-state index in [0.717, 1.165) is 39.2 Å². The molecule has 0 aliphatic carbocycles. The molecule has 3 aromatic rings. The van der Waals surface area contributed by atoms with E-state index >= 15 is 0 Å². The maximum absolute atomic E-state index is 5.27. The first kappa shape index (κ1) is 19.4. The molecule has 1 atom stereocenters. The van der Waals surface area contributed by atoms with E-state index in [4.69, 9.17) is 4.74 Å². The molecule has 27 heavy (non-hydrogen) atoms. The maximum Gasteiger partial charge on any atom is 0.118 e. The van der Waals surface area contributed by atoms with Gasteiger partial charge in [0.15, 0.2) is 0 Å². The van der Waals surface area contributed by atoms with Crippen LogP contribution in [0.1, 0.15) is 28.8 Å². The van der Waals surface area contributed by atoms with Gasteiger partial charge in [-0.3, -0.25) is 0 Å². The number of methoxy groups -OCH3 is 1. The summed E-state index contributed by atoms with van der Waals surface area (Å²) in [5, 5.41) is 0. The summed E-state index contributed by atoms with van der Waals surface area (Å²) in [7, 11) is 1.78. The Labute approximate surface area is 163 Å². The van der Waals surface area contributed by atoms with E-state index in [-0.39, 0.29) is 0 Å². The minimum absolute atomic E-state index is 0.822. The Bertz CT molecular complexity index is 793. The zero-order valence-corrected chi connectivity index (χ0v) is 16.5. The zero-order valence-electron chi connectivity index (χ0n) is 16.5. The number of rotatable bonds is 10. The largest absolute Gasteiger partial charge is 0.384 e. The minimum Gasteiger partial charge on any atom is -0.384 e. The SMILES string of the molecule is COCCC[NH+](Cc1ccccc1)Cc1cccn1Cc1ccc(C)cc1. The van der Waals surface area contributed by atoms with Gasteiger partial charge in [0, 0.05) is 31.8 Å². The van der Waals surface area contributed by atoms with Crippen molar-refractivity contribution in [2.45, 2.75) is 33.0 Å². The van der Waals surface area contributed by atoms with Gasteiger partial charge in [0.1, 0.15) is 13.1 Å². The molecule has 0 spiro atoms. The Hall–Kier alpha value is -2.36. The lowest BCUT2D eigenvalue weighted by Crippen LogP contribution is -3.09. The van der Waals surface area contributed by atoms with Crippen LogP contribution >= 0.6 is 0 Å². The molecule has 0 bridgehead atoms. The van der Waals surface area contributed by atoms with Crippen molar-refractivity contribution >= 4 is 0 Å². The Kier molecular flexibility index (Phi) is 7.26. The average molecular weight is 364 g/mol. The van der Waals surface area contributed by atoms with Gasteiger partial charge in [-0.15, -0.1) is 0 Å². The molecular formula is C24H31N2O+. The van der Waals surface area contributed by atoms with Crippen LogP contribution < -0.4 is 4.90 Å². The van der Waals surface area contributed by atoms with Crippen LogP contribution in [0.15, 0.2) is 72.9 Å². The molecule has 3 nitrogen and oxygen atoms in total. The summed E-state index contributed by atoms with van der Waals surface area (Å²) in [5.74, 6) is 0. The number of nitrogens with zero attached hydrogens (tertiary/aromatic N) is 1. The number of quaternary nitrogens is 1. The van der Waals surface area contributed by atoms with Crippen LogP contribution in [0, 0.1) is 6.92 Å². The molecule has 0 aliphatic heterocycles. The summed E-state index contributed by atoms with van der Waals surface area (Å²) < 4.78 is 7.65. The number of ether oxygens (including phenoxy) is 1. The lowest BCUT2D eigenvalue weighted by atomic mass is 10.1. The van der Waals surface area contributed by atoms with Gasteiger partial charge in [-0.05, 0) is 24.6 Å². The van der Waals surface area contributed by atoms with E-state index in [0.29, 0.717) is 0 Å². The molecule has 0 fully saturated rings. The monoisotopic (exact) mass is 363 g/mol. The lowest BCUT2D eigenvalue weighted by Gasteiger charge is -2.21. The first-order chi connectivity index (χ1) is 13.2. The molecule has 1 N–H and O–H groups in total. The van der Waals surface area contributed by atoms with Gasteiger partial charge in [0.05, 0.1) is 18.8 Å². The predicted octanol–water partition coefficient (Wildman–Crippen LogP) is 3.47. The fourth-order valence-electron chi connectivity index (χ4n) is 3.50. The molecule has 142 valence electrons. The topological polar surface area (TPSA) is 18.6 Å². The van der Waals surface area contributed by atoms with E-state index in [2.05, 4.69) is 84.4 Å². The summed E-state index contributed by atoms with van der Waals surface area (Å²) in [5.41, 5.74) is 5.44. The molecule has 1 unspecified atom stereocenters. The lowest BCUT2D eigenvalue weighted by molar-refractivity contribution is -0.928. The molecule has 0 saturated heterocycles. The molecule has 0 aliphatic rings. The Balaban J connectivity index is 1.69. The number of aromatic nitrogens is 1. The standard InChI is InChI=1S/C24H30N2O/c1-21-11-13-23(14-12-21)19-26-16-6-10-24(26)20-25(15-7-17-27-2)18-22-8-4-3-5-9-22/h3-6,8-14,16H,7,15,17-20H2,1-2H3/p+1. The van der Waals surface area contributed by atoms with E-state index < -0.39 is 0 Å². The van der Waals surface area contributed by atoms with Crippen molar-refractivity contribution in [1.29, 1.82) is 0 Å². The van der Waals surface area contributed by atoms with Crippen molar-refractivity contribution in [1.82, 2.24) is 4.57 Å². The van der Waals surface area contributed by atoms with Gasteiger partial charge >= 0.3 is 0 Å². The second-order valence-corrected chi connectivity index (χ2v) is 7.30. The van der Waals surface area contributed by atoms with Crippen molar-refractivity contribution in [3.05, 3.63) is 95.3 Å². The average Bonchev–Trinajstić information content (AvgIpc) is 3.11. The van der Waals surface area contributed by atoms with Crippen LogP contribution in [0.3, 0.4) is 0 Å². The number of hydrogen-bond donors (Lipinski definition) is 1. The highest BCUT2D eigenvalue weighted by molar-refractivity contribution is 5.22. The molecule has 0 radical (unpaired) electrons. The number of benzene rings is 2. The van der Waals surface area contributed by atoms with Crippen LogP contribution in [0.25, 0.3) is 0 Å². The van der Waals surface area contributed by atoms with Crippen molar-refractivity contribution in [2.75, 3.05) is 20.3 Å². The van der Waals surface area contributed by atoms with Crippen LogP contribution in [-0.2, 0) is 24.4 Å². The maximum atomic E-state index is 5.27. The van der Waals surface area contributed by atoms with Crippen molar-refractivity contribution in [3.8, 4) is 0 Å². The molecular weight excluding hydrogens is 332 g/mol. The molecule has 0 amide bonds. The first-order valence-electron chi connectivity index (χ1n) is 9.80. The second-order valence-electron chi connectivity index (χ2n) is 7.30. The van der Waals surface area contributed by atoms with Gasteiger partial charge in [-0.1, -0.05) is 60.2 Å². The summed E-state index contributed by atoms with van der Waals surface area (Å²) in [6.07, 6.45) is 3.28. The van der Waals surface area contributed by atoms with Gasteiger partial charge in [-0.25, -0.2) is 0 Å². The van der Waals surface area contributed by atoms with E-state index in [1.54, 1.807) is 12.0 Å². The highest BCUT2D eigenvalue weighted by Gasteiger charge is 2.13. The molecule has 0 saturated carbocycles. The van der Waals surface area contributed by atoms with Gasteiger partial charge in [0.25, 0.3) is 0 Å². The quantitative estimate of drug-likeness (QED) is 0.547. The van der Waals surface area contributed by atoms with Crippen molar-refractivity contribution in [3.63, 3.8) is 0 Å². The Morgan fingerprint density at radius 3 is 2.37 bits per heavy atom. The fourth-order valence-corrected chi connectivity index (χ4v) is 3.50. The summed E-state index contributed by atoms with van der Waals surface area (Å²) in [6.45, 7) is 7.06. The summed E-state index contributed by atoms with van der Waals surface area (Å²) >= 11 is 0. The fraction of sp³-hybridized carbons (Fsp3) is 0.333. The third kappa shape index (κ3) is 6.09. The third-order valence-electron chi connectivity index (χ3n) is 5.00. The van der Waals surface area contributed by atoms with Crippen molar-refractivity contribution in [2.24, 2.45) is 0 Å². The van der Waals surface area contributed by atoms with E-state index in [9.17, 15) is 0 Å². The minimum atomic E-state index is 0.822. The molecule has 3 heteroatoms. The van der Waals surface area contributed by atoms with Crippen LogP contribution in [0.2, 0.25) is 0 Å². The molecule has 2 aromatic carbocycles. The first-order valence-corrected chi connectivity index (χ1v) is 9.80. The molecule has 3 rings (SSSR count). The summed E-state index contributed by atoms with van der Waals surface area (Å²) in [6, 6.07) is 24.0. The van der Waals surface area contributed by atoms with Gasteiger partial charge in [-0.2, -0.15) is 0 Å². The normalized spacial score (nSPS) is 12.2. The Morgan fingerprint density at radius 2 is 1.63 bits per heavy atom. The highest BCUT2D eigenvalue weighted by atomic mass is 16.5. The molecule has 1 aromatic heterocycles. The van der Waals surface area contributed by atoms with E-state index in [1.165, 1.54) is 22.4 Å². The van der Waals surface area contributed by atoms with Gasteiger partial charge in [0.2, 0.25) is 0 Å². The van der Waals surface area contributed by atoms with Crippen LogP contribution in [-0.4, -0.2) is 24.8 Å². The zero-order chi connectivity index (χ0) is 18.9. The predicted molar refractivity (Wildman–Crippen MR) is 111 cm³/mol. The second kappa shape index (κ2) is 10.1. The van der Waals surface area contributed by atoms with Gasteiger partial charge < -0.3 is 14.2 Å². The number of hydrogen-bond acceptors (Lipinski definition) is 1. The van der Waals surface area contributed by atoms with Crippen LogP contribution in [0.5, 0.6) is 0 Å². The number of aryl methyl sites for hydroxylation is 1. The third-order valence-corrected chi connectivity index (χ3v) is 5.00. The number of nitrogens with one attached hydrogen (secondary N) is 1. The highest BCUT2D eigenvalue weighted by Crippen LogP contribution is 2.09. The Morgan fingerprint density at radius 1 is 0.852 bits per heavy atom. The smallest absolute Gasteiger partial charge is 0.118 e. The summed E-state index contributed by atoms with van der Waals surface area (Å²) in [4.78, 5) is 1.57.